The van der Waals surface area contributed by atoms with Crippen molar-refractivity contribution in [3.05, 3.63) is 71.4 Å². The molecular formula is C19H17NO3. The van der Waals surface area contributed by atoms with Gasteiger partial charge in [-0.2, -0.15) is 0 Å². The Bertz CT molecular complexity index is 878. The van der Waals surface area contributed by atoms with E-state index in [1.165, 1.54) is 0 Å². The van der Waals surface area contributed by atoms with Gasteiger partial charge >= 0.3 is 5.97 Å². The lowest BCUT2D eigenvalue weighted by molar-refractivity contribution is 0.0525. The van der Waals surface area contributed by atoms with Crippen LogP contribution < -0.4 is 0 Å². The zero-order valence-electron chi connectivity index (χ0n) is 13.1. The average molecular weight is 307 g/mol. The summed E-state index contributed by atoms with van der Waals surface area (Å²) in [5.41, 5.74) is 2.62. The number of benzene rings is 2. The maximum absolute atomic E-state index is 12.7. The van der Waals surface area contributed by atoms with E-state index in [1.807, 2.05) is 37.3 Å². The summed E-state index contributed by atoms with van der Waals surface area (Å²) in [7, 11) is 0. The predicted molar refractivity (Wildman–Crippen MR) is 88.8 cm³/mol. The SMILES string of the molecule is CCOC(=O)c1cc2c(ccn2C(=O)c2ccccc2)cc1C. The van der Waals surface area contributed by atoms with Gasteiger partial charge in [0.25, 0.3) is 5.91 Å². The smallest absolute Gasteiger partial charge is 0.338 e. The molecule has 0 unspecified atom stereocenters. The van der Waals surface area contributed by atoms with E-state index in [4.69, 9.17) is 4.74 Å². The number of fused-ring (bicyclic) bond motifs is 1. The van der Waals surface area contributed by atoms with E-state index in [9.17, 15) is 9.59 Å². The van der Waals surface area contributed by atoms with Crippen molar-refractivity contribution in [2.24, 2.45) is 0 Å². The molecule has 4 heteroatoms. The minimum atomic E-state index is -0.369. The Hall–Kier alpha value is -2.88. The van der Waals surface area contributed by atoms with Crippen LogP contribution in [0.15, 0.2) is 54.7 Å². The maximum Gasteiger partial charge on any atom is 0.338 e. The molecule has 0 amide bonds. The van der Waals surface area contributed by atoms with Gasteiger partial charge in [-0.25, -0.2) is 4.79 Å². The van der Waals surface area contributed by atoms with Gasteiger partial charge in [-0.3, -0.25) is 9.36 Å². The zero-order valence-corrected chi connectivity index (χ0v) is 13.1. The lowest BCUT2D eigenvalue weighted by Crippen LogP contribution is -2.11. The van der Waals surface area contributed by atoms with Crippen molar-refractivity contribution < 1.29 is 14.3 Å². The summed E-state index contributed by atoms with van der Waals surface area (Å²) in [6.45, 7) is 3.95. The Kier molecular flexibility index (Phi) is 3.98. The van der Waals surface area contributed by atoms with Gasteiger partial charge in [0.05, 0.1) is 17.7 Å². The topological polar surface area (TPSA) is 48.3 Å². The van der Waals surface area contributed by atoms with Crippen LogP contribution in [0.5, 0.6) is 0 Å². The van der Waals surface area contributed by atoms with Crippen LogP contribution in [0, 0.1) is 6.92 Å². The minimum absolute atomic E-state index is 0.126. The predicted octanol–water partition coefficient (Wildman–Crippen LogP) is 3.81. The molecule has 0 aliphatic carbocycles. The molecular weight excluding hydrogens is 290 g/mol. The van der Waals surface area contributed by atoms with E-state index < -0.39 is 0 Å². The third-order valence-electron chi connectivity index (χ3n) is 3.77. The first-order valence-corrected chi connectivity index (χ1v) is 7.50. The van der Waals surface area contributed by atoms with Gasteiger partial charge in [0.15, 0.2) is 0 Å². The molecule has 0 aliphatic rings. The molecule has 0 atom stereocenters. The molecule has 0 aliphatic heterocycles. The second kappa shape index (κ2) is 6.08. The number of hydrogen-bond donors (Lipinski definition) is 0. The van der Waals surface area contributed by atoms with Crippen LogP contribution in [-0.4, -0.2) is 23.1 Å². The van der Waals surface area contributed by atoms with Crippen molar-refractivity contribution in [3.63, 3.8) is 0 Å². The van der Waals surface area contributed by atoms with E-state index in [-0.39, 0.29) is 11.9 Å². The summed E-state index contributed by atoms with van der Waals surface area (Å²) in [6.07, 6.45) is 1.73. The summed E-state index contributed by atoms with van der Waals surface area (Å²) in [6, 6.07) is 14.6. The Morgan fingerprint density at radius 2 is 1.83 bits per heavy atom. The summed E-state index contributed by atoms with van der Waals surface area (Å²) in [5.74, 6) is -0.494. The fourth-order valence-corrected chi connectivity index (χ4v) is 2.62. The lowest BCUT2D eigenvalue weighted by Gasteiger charge is -2.08. The maximum atomic E-state index is 12.7. The third-order valence-corrected chi connectivity index (χ3v) is 3.77. The van der Waals surface area contributed by atoms with E-state index in [0.717, 1.165) is 10.9 Å². The molecule has 0 saturated carbocycles. The van der Waals surface area contributed by atoms with Gasteiger partial charge in [-0.05, 0) is 49.7 Å². The van der Waals surface area contributed by atoms with Crippen molar-refractivity contribution in [3.8, 4) is 0 Å². The standard InChI is InChI=1S/C19H17NO3/c1-3-23-19(22)16-12-17-15(11-13(16)2)9-10-20(17)18(21)14-7-5-4-6-8-14/h4-12H,3H2,1-2H3. The molecule has 2 aromatic carbocycles. The van der Waals surface area contributed by atoms with Gasteiger partial charge in [0.1, 0.15) is 0 Å². The molecule has 3 rings (SSSR count). The number of hydrogen-bond acceptors (Lipinski definition) is 3. The summed E-state index contributed by atoms with van der Waals surface area (Å²) < 4.78 is 6.65. The van der Waals surface area contributed by atoms with Crippen molar-refractivity contribution in [1.29, 1.82) is 0 Å². The third kappa shape index (κ3) is 2.75. The molecule has 116 valence electrons. The highest BCUT2D eigenvalue weighted by molar-refractivity contribution is 6.04. The minimum Gasteiger partial charge on any atom is -0.462 e. The van der Waals surface area contributed by atoms with E-state index in [2.05, 4.69) is 0 Å². The van der Waals surface area contributed by atoms with Gasteiger partial charge < -0.3 is 4.74 Å². The Labute approximate surface area is 134 Å². The van der Waals surface area contributed by atoms with Crippen LogP contribution in [-0.2, 0) is 4.74 Å². The summed E-state index contributed by atoms with van der Waals surface area (Å²) in [4.78, 5) is 24.7. The Balaban J connectivity index is 2.11. The largest absolute Gasteiger partial charge is 0.462 e. The second-order valence-corrected chi connectivity index (χ2v) is 5.30. The van der Waals surface area contributed by atoms with Crippen molar-refractivity contribution in [1.82, 2.24) is 4.57 Å². The van der Waals surface area contributed by atoms with Crippen LogP contribution in [0.3, 0.4) is 0 Å². The highest BCUT2D eigenvalue weighted by Crippen LogP contribution is 2.23. The van der Waals surface area contributed by atoms with Crippen LogP contribution >= 0.6 is 0 Å². The number of carbonyl (C=O) groups is 2. The number of nitrogens with zero attached hydrogens (tertiary/aromatic N) is 1. The van der Waals surface area contributed by atoms with E-state index in [0.29, 0.717) is 23.3 Å². The number of aromatic nitrogens is 1. The van der Waals surface area contributed by atoms with Crippen molar-refractivity contribution in [2.75, 3.05) is 6.61 Å². The molecule has 0 saturated heterocycles. The number of esters is 1. The van der Waals surface area contributed by atoms with Gasteiger partial charge in [-0.15, -0.1) is 0 Å². The van der Waals surface area contributed by atoms with Gasteiger partial charge in [0, 0.05) is 17.1 Å². The van der Waals surface area contributed by atoms with Gasteiger partial charge in [-0.1, -0.05) is 18.2 Å². The molecule has 4 nitrogen and oxygen atoms in total. The van der Waals surface area contributed by atoms with Crippen LogP contribution in [0.1, 0.15) is 33.2 Å². The molecule has 1 heterocycles. The van der Waals surface area contributed by atoms with Crippen LogP contribution in [0.4, 0.5) is 0 Å². The highest BCUT2D eigenvalue weighted by Gasteiger charge is 2.16. The number of aryl methyl sites for hydroxylation is 1. The normalized spacial score (nSPS) is 10.7. The number of rotatable bonds is 3. The molecule has 0 N–H and O–H groups in total. The fourth-order valence-electron chi connectivity index (χ4n) is 2.62. The number of ether oxygens (including phenoxy) is 1. The van der Waals surface area contributed by atoms with Crippen molar-refractivity contribution >= 4 is 22.8 Å². The highest BCUT2D eigenvalue weighted by atomic mass is 16.5. The summed E-state index contributed by atoms with van der Waals surface area (Å²) >= 11 is 0. The van der Waals surface area contributed by atoms with Crippen molar-refractivity contribution in [2.45, 2.75) is 13.8 Å². The van der Waals surface area contributed by atoms with E-state index in [1.54, 1.807) is 35.9 Å². The zero-order chi connectivity index (χ0) is 16.4. The average Bonchev–Trinajstić information content (AvgIpc) is 2.97. The molecule has 0 radical (unpaired) electrons. The van der Waals surface area contributed by atoms with Gasteiger partial charge in [0.2, 0.25) is 0 Å². The fraction of sp³-hybridized carbons (Fsp3) is 0.158. The Morgan fingerprint density at radius 1 is 1.09 bits per heavy atom. The second-order valence-electron chi connectivity index (χ2n) is 5.30. The molecule has 3 aromatic rings. The molecule has 0 fully saturated rings. The first kappa shape index (κ1) is 15.0. The molecule has 0 spiro atoms. The Morgan fingerprint density at radius 3 is 2.52 bits per heavy atom. The van der Waals surface area contributed by atoms with Crippen LogP contribution in [0.2, 0.25) is 0 Å². The van der Waals surface area contributed by atoms with Crippen LogP contribution in [0.25, 0.3) is 10.9 Å². The summed E-state index contributed by atoms with van der Waals surface area (Å²) in [5, 5.41) is 0.917. The molecule has 1 aromatic heterocycles. The number of carbonyl (C=O) groups excluding carboxylic acids is 2. The molecule has 0 bridgehead atoms. The molecule has 23 heavy (non-hydrogen) atoms. The quantitative estimate of drug-likeness (QED) is 0.691. The first-order valence-electron chi connectivity index (χ1n) is 7.50. The monoisotopic (exact) mass is 307 g/mol. The lowest BCUT2D eigenvalue weighted by atomic mass is 10.1. The first-order chi connectivity index (χ1) is 11.1. The van der Waals surface area contributed by atoms with E-state index >= 15 is 0 Å².